The van der Waals surface area contributed by atoms with Crippen LogP contribution in [-0.2, 0) is 0 Å². The smallest absolute Gasteiger partial charge is 0.187 e. The molecular weight excluding hydrogens is 1190 g/mol. The van der Waals surface area contributed by atoms with Crippen LogP contribution >= 0.6 is 0 Å². The number of fused-ring (bicyclic) bond motifs is 6. The van der Waals surface area contributed by atoms with Gasteiger partial charge in [-0.1, -0.05) is 91.0 Å². The van der Waals surface area contributed by atoms with Gasteiger partial charge in [0.15, 0.2) is 46.5 Å². The van der Waals surface area contributed by atoms with Crippen molar-refractivity contribution in [3.05, 3.63) is 252 Å². The molecule has 0 saturated carbocycles. The van der Waals surface area contributed by atoms with Crippen molar-refractivity contribution in [2.45, 2.75) is 55.4 Å². The lowest BCUT2D eigenvalue weighted by atomic mass is 9.93. The van der Waals surface area contributed by atoms with Crippen LogP contribution in [0.2, 0.25) is 0 Å². The summed E-state index contributed by atoms with van der Waals surface area (Å²) in [6.45, 7) is 23.0. The first-order valence-electron chi connectivity index (χ1n) is 31.3. The third-order valence-electron chi connectivity index (χ3n) is 17.1. The van der Waals surface area contributed by atoms with Gasteiger partial charge >= 0.3 is 0 Å². The van der Waals surface area contributed by atoms with Gasteiger partial charge in [0.05, 0.1) is 34.3 Å². The lowest BCUT2D eigenvalue weighted by molar-refractivity contribution is 0.928. The van der Waals surface area contributed by atoms with E-state index in [0.717, 1.165) is 116 Å². The van der Waals surface area contributed by atoms with Crippen LogP contribution in [0.3, 0.4) is 0 Å². The summed E-state index contributed by atoms with van der Waals surface area (Å²) in [6, 6.07) is 66.5. The van der Waals surface area contributed by atoms with E-state index >= 15 is 0 Å². The Morgan fingerprint density at radius 3 is 0.979 bits per heavy atom. The van der Waals surface area contributed by atoms with Crippen molar-refractivity contribution in [2.24, 2.45) is 0 Å². The van der Waals surface area contributed by atoms with Crippen molar-refractivity contribution in [1.82, 2.24) is 83.9 Å². The topological polar surface area (TPSA) is 208 Å². The summed E-state index contributed by atoms with van der Waals surface area (Å²) in [5.41, 5.74) is 15.3. The van der Waals surface area contributed by atoms with Gasteiger partial charge in [-0.15, -0.1) is 0 Å². The van der Waals surface area contributed by atoms with Crippen LogP contribution in [0.1, 0.15) is 46.6 Å². The maximum absolute atomic E-state index is 7.89. The maximum atomic E-state index is 7.89. The van der Waals surface area contributed by atoms with Crippen LogP contribution in [0.4, 0.5) is 5.69 Å². The second kappa shape index (κ2) is 23.4. The largest absolute Gasteiger partial charge is 0.309 e. The zero-order chi connectivity index (χ0) is 65.5. The molecule has 18 heteroatoms. The van der Waals surface area contributed by atoms with Gasteiger partial charge in [0, 0.05) is 71.7 Å². The second-order valence-corrected chi connectivity index (χ2v) is 23.8. The van der Waals surface area contributed by atoms with Crippen molar-refractivity contribution >= 4 is 49.3 Å². The van der Waals surface area contributed by atoms with Crippen LogP contribution in [-0.4, -0.2) is 83.9 Å². The predicted molar refractivity (Wildman–Crippen MR) is 375 cm³/mol. The molecule has 0 amide bonds. The third kappa shape index (κ3) is 10.7. The highest BCUT2D eigenvalue weighted by Gasteiger charge is 2.26. The minimum Gasteiger partial charge on any atom is -0.309 e. The summed E-state index contributed by atoms with van der Waals surface area (Å²) in [6.07, 6.45) is 0. The Morgan fingerprint density at radius 1 is 0.250 bits per heavy atom. The number of hydrogen-bond acceptors (Lipinski definition) is 15. The van der Waals surface area contributed by atoms with E-state index in [2.05, 4.69) is 143 Å². The van der Waals surface area contributed by atoms with Gasteiger partial charge < -0.3 is 9.13 Å². The van der Waals surface area contributed by atoms with Crippen LogP contribution in [0, 0.1) is 62.0 Å². The fourth-order valence-corrected chi connectivity index (χ4v) is 13.0. The molecule has 18 nitrogen and oxygen atoms in total. The third-order valence-corrected chi connectivity index (χ3v) is 17.1. The molecule has 0 unspecified atom stereocenters. The first-order valence-corrected chi connectivity index (χ1v) is 31.3. The van der Waals surface area contributed by atoms with E-state index in [1.807, 2.05) is 140 Å². The van der Waals surface area contributed by atoms with Gasteiger partial charge in [0.2, 0.25) is 0 Å². The molecule has 9 aromatic carbocycles. The quantitative estimate of drug-likeness (QED) is 0.110. The summed E-state index contributed by atoms with van der Waals surface area (Å²) >= 11 is 0. The van der Waals surface area contributed by atoms with Gasteiger partial charge in [-0.2, -0.15) is 0 Å². The Balaban J connectivity index is 1.02. The van der Waals surface area contributed by atoms with Gasteiger partial charge in [-0.3, -0.25) is 0 Å². The molecule has 0 aliphatic rings. The van der Waals surface area contributed by atoms with E-state index in [1.54, 1.807) is 0 Å². The molecule has 0 aliphatic heterocycles. The first-order chi connectivity index (χ1) is 46.7. The van der Waals surface area contributed by atoms with E-state index in [0.29, 0.717) is 93.1 Å². The monoisotopic (exact) mass is 1240 g/mol. The van der Waals surface area contributed by atoms with Crippen molar-refractivity contribution < 1.29 is 0 Å². The molecule has 0 N–H and O–H groups in total. The maximum Gasteiger partial charge on any atom is 0.187 e. The van der Waals surface area contributed by atoms with Crippen LogP contribution in [0.15, 0.2) is 194 Å². The Morgan fingerprint density at radius 2 is 0.594 bits per heavy atom. The highest BCUT2D eigenvalue weighted by Crippen LogP contribution is 2.45. The molecule has 7 aromatic heterocycles. The molecule has 0 atom stereocenters. The molecule has 0 fully saturated rings. The minimum atomic E-state index is 0.465. The van der Waals surface area contributed by atoms with Gasteiger partial charge in [-0.25, -0.2) is 79.6 Å². The molecular formula is C78H56N18. The lowest BCUT2D eigenvalue weighted by Gasteiger charge is -2.20. The van der Waals surface area contributed by atoms with Crippen molar-refractivity contribution in [3.8, 4) is 113 Å². The predicted octanol–water partition coefficient (Wildman–Crippen LogP) is 16.8. The summed E-state index contributed by atoms with van der Waals surface area (Å²) in [5, 5.41) is 3.83. The number of hydrogen-bond donors (Lipinski definition) is 0. The van der Waals surface area contributed by atoms with E-state index < -0.39 is 0 Å². The lowest BCUT2D eigenvalue weighted by Crippen LogP contribution is -2.04. The molecule has 0 radical (unpaired) electrons. The Bertz CT molecular complexity index is 5540. The first kappa shape index (κ1) is 58.2. The average molecular weight is 1250 g/mol. The molecule has 458 valence electrons. The Hall–Kier alpha value is -12.9. The molecule has 0 saturated heterocycles. The Labute approximate surface area is 551 Å². The number of aromatic nitrogens is 17. The molecule has 0 spiro atoms. The van der Waals surface area contributed by atoms with E-state index in [-0.39, 0.29) is 0 Å². The fraction of sp³-hybridized carbons (Fsp3) is 0.103. The average Bonchev–Trinajstić information content (AvgIpc) is 1.56. The SMILES string of the molecule is [C-]#[N+]c1ccc(-c2ccc(-n3c4ccc(-c5nc(C)nc(C)n5)cc4c4cc(-c5nc(C)nc(C)n5)ccc43)c(-c3cc(-n4c5ccc(-c6nc(C)nc(C)n6)cc5c5cc(-c6nc(C)nc(C)n6)ccc54)ccc3-c3nc(-c4ccccc4)nc(-c4ccccc4)n3)c2)cc1. The number of aryl methyl sites for hydroxylation is 8. The van der Waals surface area contributed by atoms with Crippen LogP contribution in [0.5, 0.6) is 0 Å². The number of benzene rings is 9. The molecule has 0 bridgehead atoms. The van der Waals surface area contributed by atoms with Gasteiger partial charge in [0.1, 0.15) is 46.6 Å². The molecule has 0 aliphatic carbocycles. The standard InChI is InChI=1S/C78H56N18/c1-42-80-43(2)85-74(84-42)54-23-32-67-63(37-54)64-38-55(75-86-44(3)81-45(4)87-75)24-33-68(64)95(67)59-29-30-60(78-93-72(51-16-12-10-13-17-51)92-73(94-78)52-18-14-11-15-19-52)61(41-59)62-36-53(50-20-27-58(79-9)28-21-50)22-31-69(62)96-70-34-25-56(76-88-46(5)82-47(6)89-76)39-65(70)66-40-57(26-35-71(66)96)77-90-48(7)83-49(8)91-77/h10-41H,1-8H3. The summed E-state index contributed by atoms with van der Waals surface area (Å²) in [4.78, 5) is 76.6. The highest BCUT2D eigenvalue weighted by atomic mass is 15.1. The molecule has 16 rings (SSSR count). The second-order valence-electron chi connectivity index (χ2n) is 23.8. The van der Waals surface area contributed by atoms with E-state index in [9.17, 15) is 0 Å². The summed E-state index contributed by atoms with van der Waals surface area (Å²) in [5.74, 6) is 8.86. The van der Waals surface area contributed by atoms with E-state index in [4.69, 9.17) is 61.4 Å². The molecule has 96 heavy (non-hydrogen) atoms. The van der Waals surface area contributed by atoms with Crippen molar-refractivity contribution in [1.29, 1.82) is 0 Å². The molecule has 7 heterocycles. The zero-order valence-electron chi connectivity index (χ0n) is 53.5. The number of rotatable bonds is 11. The summed E-state index contributed by atoms with van der Waals surface area (Å²) in [7, 11) is 0. The molecule has 16 aromatic rings. The van der Waals surface area contributed by atoms with Gasteiger partial charge in [0.25, 0.3) is 0 Å². The minimum absolute atomic E-state index is 0.465. The van der Waals surface area contributed by atoms with Crippen molar-refractivity contribution in [3.63, 3.8) is 0 Å². The van der Waals surface area contributed by atoms with Crippen LogP contribution < -0.4 is 0 Å². The van der Waals surface area contributed by atoms with Gasteiger partial charge in [-0.05, 0) is 175 Å². The Kier molecular flexibility index (Phi) is 14.2. The zero-order valence-corrected chi connectivity index (χ0v) is 53.5. The summed E-state index contributed by atoms with van der Waals surface area (Å²) < 4.78 is 4.64. The van der Waals surface area contributed by atoms with E-state index in [1.165, 1.54) is 0 Å². The fourth-order valence-electron chi connectivity index (χ4n) is 13.0. The van der Waals surface area contributed by atoms with Crippen molar-refractivity contribution in [2.75, 3.05) is 0 Å². The normalized spacial score (nSPS) is 11.5. The van der Waals surface area contributed by atoms with Crippen LogP contribution in [0.25, 0.3) is 162 Å². The number of nitrogens with zero attached hydrogens (tertiary/aromatic N) is 18. The highest BCUT2D eigenvalue weighted by molar-refractivity contribution is 6.13.